The van der Waals surface area contributed by atoms with Crippen LogP contribution >= 0.6 is 15.2 Å². The molecule has 9 heteroatoms. The van der Waals surface area contributed by atoms with Gasteiger partial charge in [-0.05, 0) is 12.8 Å². The van der Waals surface area contributed by atoms with Crippen LogP contribution in [-0.4, -0.2) is 31.9 Å². The standard InChI is InChI=1S/2C12H27O3P.Nd/c2*1-2-3-4-5-6-7-8-9-10-11-12-16(13,14)15;/h2*2-12H2,1H3,(H2,13,14,15);. The molecule has 200 valence electrons. The number of unbranched alkanes of at least 4 members (excludes halogenated alkanes) is 18. The van der Waals surface area contributed by atoms with E-state index in [1.165, 1.54) is 89.9 Å². The molecule has 0 aromatic heterocycles. The molecule has 0 aliphatic heterocycles. The van der Waals surface area contributed by atoms with Crippen LogP contribution in [0.5, 0.6) is 0 Å². The van der Waals surface area contributed by atoms with E-state index in [4.69, 9.17) is 19.6 Å². The van der Waals surface area contributed by atoms with E-state index in [2.05, 4.69) is 13.8 Å². The third-order valence-electron chi connectivity index (χ3n) is 5.61. The quantitative estimate of drug-likeness (QED) is 0.0698. The van der Waals surface area contributed by atoms with Crippen molar-refractivity contribution in [2.45, 2.75) is 142 Å². The van der Waals surface area contributed by atoms with Crippen LogP contribution in [0.15, 0.2) is 0 Å². The molecule has 0 rings (SSSR count). The van der Waals surface area contributed by atoms with Crippen LogP contribution in [0, 0.1) is 40.8 Å². The first kappa shape index (κ1) is 39.2. The molecule has 0 aromatic carbocycles. The molecule has 0 saturated heterocycles. The van der Waals surface area contributed by atoms with Gasteiger partial charge in [0.05, 0.1) is 0 Å². The van der Waals surface area contributed by atoms with E-state index in [-0.39, 0.29) is 53.2 Å². The van der Waals surface area contributed by atoms with Gasteiger partial charge in [0.25, 0.3) is 0 Å². The van der Waals surface area contributed by atoms with E-state index >= 15 is 0 Å². The second kappa shape index (κ2) is 28.2. The van der Waals surface area contributed by atoms with E-state index in [0.29, 0.717) is 12.8 Å². The van der Waals surface area contributed by atoms with Crippen LogP contribution in [0.3, 0.4) is 0 Å². The van der Waals surface area contributed by atoms with E-state index in [9.17, 15) is 9.13 Å². The van der Waals surface area contributed by atoms with Gasteiger partial charge in [-0.2, -0.15) is 0 Å². The van der Waals surface area contributed by atoms with Gasteiger partial charge < -0.3 is 19.6 Å². The summed E-state index contributed by atoms with van der Waals surface area (Å²) in [5.74, 6) is 0. The third kappa shape index (κ3) is 44.1. The zero-order chi connectivity index (χ0) is 24.6. The van der Waals surface area contributed by atoms with Crippen molar-refractivity contribution in [2.24, 2.45) is 0 Å². The fourth-order valence-electron chi connectivity index (χ4n) is 3.61. The molecule has 0 aromatic rings. The zero-order valence-electron chi connectivity index (χ0n) is 21.6. The Kier molecular flexibility index (Phi) is 33.5. The van der Waals surface area contributed by atoms with Gasteiger partial charge in [0.15, 0.2) is 0 Å². The first-order valence-corrected chi connectivity index (χ1v) is 16.8. The summed E-state index contributed by atoms with van der Waals surface area (Å²) in [5, 5.41) is 0. The Morgan fingerprint density at radius 2 is 0.576 bits per heavy atom. The molecular weight excluding hydrogens is 590 g/mol. The molecule has 0 amide bonds. The Morgan fingerprint density at radius 3 is 0.758 bits per heavy atom. The van der Waals surface area contributed by atoms with Crippen LogP contribution in [-0.2, 0) is 9.13 Å². The molecule has 0 saturated carbocycles. The Balaban J connectivity index is -0.000000529. The van der Waals surface area contributed by atoms with Crippen molar-refractivity contribution in [3.63, 3.8) is 0 Å². The molecule has 6 nitrogen and oxygen atoms in total. The summed E-state index contributed by atoms with van der Waals surface area (Å²) in [6.45, 7) is 4.45. The minimum atomic E-state index is -3.74. The van der Waals surface area contributed by atoms with Gasteiger partial charge in [-0.15, -0.1) is 0 Å². The number of rotatable bonds is 22. The zero-order valence-corrected chi connectivity index (χ0v) is 26.6. The minimum absolute atomic E-state index is 0. The van der Waals surface area contributed by atoms with Crippen LogP contribution in [0.25, 0.3) is 0 Å². The minimum Gasteiger partial charge on any atom is -0.324 e. The molecule has 0 radical (unpaired) electrons. The van der Waals surface area contributed by atoms with Crippen LogP contribution in [0.2, 0.25) is 0 Å². The number of hydrogen-bond donors (Lipinski definition) is 4. The second-order valence-electron chi connectivity index (χ2n) is 9.14. The van der Waals surface area contributed by atoms with Crippen molar-refractivity contribution in [1.29, 1.82) is 0 Å². The summed E-state index contributed by atoms with van der Waals surface area (Å²) in [7, 11) is -7.48. The van der Waals surface area contributed by atoms with Crippen molar-refractivity contribution < 1.29 is 69.5 Å². The molecule has 0 spiro atoms. The molecule has 0 atom stereocenters. The molecule has 0 aliphatic carbocycles. The van der Waals surface area contributed by atoms with Crippen molar-refractivity contribution in [2.75, 3.05) is 12.3 Å². The van der Waals surface area contributed by atoms with E-state index in [0.717, 1.165) is 25.7 Å². The maximum atomic E-state index is 10.6. The monoisotopic (exact) mass is 642 g/mol. The van der Waals surface area contributed by atoms with E-state index in [1.807, 2.05) is 0 Å². The largest absolute Gasteiger partial charge is 0.325 e. The first-order chi connectivity index (χ1) is 15.1. The molecule has 0 unspecified atom stereocenters. The maximum absolute atomic E-state index is 10.6. The predicted octanol–water partition coefficient (Wildman–Crippen LogP) is 8.17. The van der Waals surface area contributed by atoms with Gasteiger partial charge in [-0.25, -0.2) is 0 Å². The maximum Gasteiger partial charge on any atom is 0.325 e. The topological polar surface area (TPSA) is 115 Å². The number of hydrogen-bond acceptors (Lipinski definition) is 2. The SMILES string of the molecule is CCCCCCCCCCCCP(=O)(O)O.CCCCCCCCCCCCP(=O)(O)O.[Nd]. The Morgan fingerprint density at radius 1 is 0.394 bits per heavy atom. The fraction of sp³-hybridized carbons (Fsp3) is 1.00. The molecule has 0 heterocycles. The summed E-state index contributed by atoms with van der Waals surface area (Å²) in [5.41, 5.74) is 0. The third-order valence-corrected chi connectivity index (χ3v) is 7.40. The summed E-state index contributed by atoms with van der Waals surface area (Å²) < 4.78 is 21.1. The van der Waals surface area contributed by atoms with Gasteiger partial charge in [0.2, 0.25) is 0 Å². The summed E-state index contributed by atoms with van der Waals surface area (Å²) in [4.78, 5) is 34.6. The molecule has 0 aliphatic rings. The molecule has 4 N–H and O–H groups in total. The molecule has 0 fully saturated rings. The van der Waals surface area contributed by atoms with E-state index < -0.39 is 15.2 Å². The Bertz CT molecular complexity index is 426. The average molecular weight is 645 g/mol. The average Bonchev–Trinajstić information content (AvgIpc) is 2.70. The van der Waals surface area contributed by atoms with Crippen LogP contribution < -0.4 is 0 Å². The predicted molar refractivity (Wildman–Crippen MR) is 138 cm³/mol. The van der Waals surface area contributed by atoms with Gasteiger partial charge in [0.1, 0.15) is 0 Å². The molecular formula is C24H54NdO6P2. The van der Waals surface area contributed by atoms with Crippen molar-refractivity contribution >= 4 is 15.2 Å². The first-order valence-electron chi connectivity index (χ1n) is 13.2. The summed E-state index contributed by atoms with van der Waals surface area (Å²) in [6, 6.07) is 0. The fourth-order valence-corrected chi connectivity index (χ4v) is 4.88. The van der Waals surface area contributed by atoms with Gasteiger partial charge in [0, 0.05) is 53.2 Å². The van der Waals surface area contributed by atoms with Crippen LogP contribution in [0.4, 0.5) is 0 Å². The van der Waals surface area contributed by atoms with E-state index in [1.54, 1.807) is 0 Å². The Labute approximate surface area is 237 Å². The molecule has 0 bridgehead atoms. The van der Waals surface area contributed by atoms with Gasteiger partial charge >= 0.3 is 15.2 Å². The van der Waals surface area contributed by atoms with Crippen LogP contribution in [0.1, 0.15) is 142 Å². The summed E-state index contributed by atoms with van der Waals surface area (Å²) >= 11 is 0. The Hall–Kier alpha value is 1.65. The van der Waals surface area contributed by atoms with Gasteiger partial charge in [-0.1, -0.05) is 129 Å². The van der Waals surface area contributed by atoms with Crippen molar-refractivity contribution in [3.05, 3.63) is 0 Å². The summed E-state index contributed by atoms with van der Waals surface area (Å²) in [6.07, 6.45) is 23.9. The normalized spacial score (nSPS) is 11.6. The van der Waals surface area contributed by atoms with Crippen molar-refractivity contribution in [3.8, 4) is 0 Å². The smallest absolute Gasteiger partial charge is 0.324 e. The second-order valence-corrected chi connectivity index (χ2v) is 12.7. The van der Waals surface area contributed by atoms with Gasteiger partial charge in [-0.3, -0.25) is 9.13 Å². The molecule has 33 heavy (non-hydrogen) atoms. The van der Waals surface area contributed by atoms with Crippen molar-refractivity contribution in [1.82, 2.24) is 0 Å².